The molecule has 1 aromatic heterocycles. The normalized spacial score (nSPS) is 22.0. The van der Waals surface area contributed by atoms with Crippen LogP contribution in [0.3, 0.4) is 0 Å². The summed E-state index contributed by atoms with van der Waals surface area (Å²) in [6.45, 7) is 0.941. The first kappa shape index (κ1) is 9.81. The maximum absolute atomic E-state index is 10.8. The van der Waals surface area contributed by atoms with Gasteiger partial charge in [0.2, 0.25) is 0 Å². The average Bonchev–Trinajstić information content (AvgIpc) is 3.09. The van der Waals surface area contributed by atoms with Gasteiger partial charge in [-0.3, -0.25) is 9.48 Å². The standard InChI is InChI=1S/C11H15N3O2/c15-10(16)5-11(3-4-11)9-7-14(13-12-9)6-8-1-2-8/h7-8H,1-6H2,(H,15,16). The van der Waals surface area contributed by atoms with Crippen molar-refractivity contribution in [2.24, 2.45) is 5.92 Å². The monoisotopic (exact) mass is 221 g/mol. The summed E-state index contributed by atoms with van der Waals surface area (Å²) >= 11 is 0. The van der Waals surface area contributed by atoms with Gasteiger partial charge < -0.3 is 5.11 Å². The Morgan fingerprint density at radius 1 is 1.56 bits per heavy atom. The molecule has 0 bridgehead atoms. The summed E-state index contributed by atoms with van der Waals surface area (Å²) in [6.07, 6.45) is 6.57. The lowest BCUT2D eigenvalue weighted by Gasteiger charge is -2.06. The van der Waals surface area contributed by atoms with Crippen molar-refractivity contribution in [1.29, 1.82) is 0 Å². The SMILES string of the molecule is O=C(O)CC1(c2cn(CC3CC3)nn2)CC1. The van der Waals surface area contributed by atoms with Crippen LogP contribution in [0.1, 0.15) is 37.8 Å². The van der Waals surface area contributed by atoms with E-state index in [0.717, 1.165) is 31.0 Å². The fourth-order valence-electron chi connectivity index (χ4n) is 2.16. The molecule has 0 radical (unpaired) electrons. The minimum atomic E-state index is -0.741. The van der Waals surface area contributed by atoms with Crippen LogP contribution in [-0.2, 0) is 16.8 Å². The van der Waals surface area contributed by atoms with Gasteiger partial charge in [0.05, 0.1) is 12.1 Å². The predicted molar refractivity (Wildman–Crippen MR) is 55.9 cm³/mol. The van der Waals surface area contributed by atoms with E-state index in [2.05, 4.69) is 10.3 Å². The van der Waals surface area contributed by atoms with Gasteiger partial charge in [0.1, 0.15) is 0 Å². The van der Waals surface area contributed by atoms with Gasteiger partial charge >= 0.3 is 5.97 Å². The Morgan fingerprint density at radius 3 is 2.88 bits per heavy atom. The van der Waals surface area contributed by atoms with Crippen LogP contribution in [0.25, 0.3) is 0 Å². The van der Waals surface area contributed by atoms with Crippen LogP contribution in [0.4, 0.5) is 0 Å². The molecule has 86 valence electrons. The topological polar surface area (TPSA) is 68.0 Å². The number of carboxylic acids is 1. The maximum atomic E-state index is 10.8. The predicted octanol–water partition coefficient (Wildman–Crippen LogP) is 1.19. The molecule has 0 spiro atoms. The van der Waals surface area contributed by atoms with Crippen molar-refractivity contribution < 1.29 is 9.90 Å². The van der Waals surface area contributed by atoms with Gasteiger partial charge in [0.15, 0.2) is 0 Å². The third-order valence-electron chi connectivity index (χ3n) is 3.57. The average molecular weight is 221 g/mol. The second kappa shape index (κ2) is 3.30. The van der Waals surface area contributed by atoms with Gasteiger partial charge in [-0.25, -0.2) is 0 Å². The zero-order valence-corrected chi connectivity index (χ0v) is 9.09. The number of aliphatic carboxylic acids is 1. The van der Waals surface area contributed by atoms with Crippen molar-refractivity contribution in [2.75, 3.05) is 0 Å². The van der Waals surface area contributed by atoms with Crippen LogP contribution in [-0.4, -0.2) is 26.1 Å². The van der Waals surface area contributed by atoms with Crippen molar-refractivity contribution >= 4 is 5.97 Å². The van der Waals surface area contributed by atoms with E-state index < -0.39 is 5.97 Å². The quantitative estimate of drug-likeness (QED) is 0.811. The number of carboxylic acid groups (broad SMARTS) is 1. The van der Waals surface area contributed by atoms with E-state index in [9.17, 15) is 4.79 Å². The van der Waals surface area contributed by atoms with Gasteiger partial charge in [-0.1, -0.05) is 5.21 Å². The molecule has 2 aliphatic carbocycles. The van der Waals surface area contributed by atoms with Crippen LogP contribution >= 0.6 is 0 Å². The fraction of sp³-hybridized carbons (Fsp3) is 0.727. The van der Waals surface area contributed by atoms with Crippen LogP contribution in [0, 0.1) is 5.92 Å². The van der Waals surface area contributed by atoms with Crippen LogP contribution < -0.4 is 0 Å². The first-order valence-corrected chi connectivity index (χ1v) is 5.80. The number of hydrogen-bond acceptors (Lipinski definition) is 3. The first-order valence-electron chi connectivity index (χ1n) is 5.80. The summed E-state index contributed by atoms with van der Waals surface area (Å²) in [4.78, 5) is 10.8. The molecule has 1 aromatic rings. The highest BCUT2D eigenvalue weighted by molar-refractivity contribution is 5.69. The minimum Gasteiger partial charge on any atom is -0.481 e. The molecule has 0 unspecified atom stereocenters. The molecule has 16 heavy (non-hydrogen) atoms. The summed E-state index contributed by atoms with van der Waals surface area (Å²) in [5.41, 5.74) is 0.670. The lowest BCUT2D eigenvalue weighted by Crippen LogP contribution is -2.13. The summed E-state index contributed by atoms with van der Waals surface area (Å²) in [5, 5.41) is 17.1. The second-order valence-corrected chi connectivity index (χ2v) is 5.12. The van der Waals surface area contributed by atoms with Crippen molar-refractivity contribution in [2.45, 2.75) is 44.1 Å². The second-order valence-electron chi connectivity index (χ2n) is 5.12. The third kappa shape index (κ3) is 1.81. The largest absolute Gasteiger partial charge is 0.481 e. The molecule has 2 saturated carbocycles. The molecule has 3 rings (SSSR count). The Morgan fingerprint density at radius 2 is 2.31 bits per heavy atom. The van der Waals surface area contributed by atoms with Crippen molar-refractivity contribution in [1.82, 2.24) is 15.0 Å². The molecule has 1 N–H and O–H groups in total. The van der Waals surface area contributed by atoms with Crippen molar-refractivity contribution in [3.8, 4) is 0 Å². The highest BCUT2D eigenvalue weighted by atomic mass is 16.4. The van der Waals surface area contributed by atoms with E-state index in [1.807, 2.05) is 10.9 Å². The minimum absolute atomic E-state index is 0.190. The van der Waals surface area contributed by atoms with Gasteiger partial charge in [-0.05, 0) is 31.6 Å². The van der Waals surface area contributed by atoms with Crippen LogP contribution in [0.5, 0.6) is 0 Å². The highest BCUT2D eigenvalue weighted by Crippen LogP contribution is 2.50. The molecule has 0 aliphatic heterocycles. The molecule has 2 fully saturated rings. The van der Waals surface area contributed by atoms with Crippen LogP contribution in [0.15, 0.2) is 6.20 Å². The summed E-state index contributed by atoms with van der Waals surface area (Å²) in [5.74, 6) is 0.0263. The Hall–Kier alpha value is -1.39. The number of aromatic nitrogens is 3. The smallest absolute Gasteiger partial charge is 0.304 e. The van der Waals surface area contributed by atoms with Gasteiger partial charge in [0.25, 0.3) is 0 Å². The van der Waals surface area contributed by atoms with Crippen molar-refractivity contribution in [3.05, 3.63) is 11.9 Å². The summed E-state index contributed by atoms with van der Waals surface area (Å²) in [6, 6.07) is 0. The molecule has 5 nitrogen and oxygen atoms in total. The number of nitrogens with zero attached hydrogens (tertiary/aromatic N) is 3. The molecular weight excluding hydrogens is 206 g/mol. The fourth-order valence-corrected chi connectivity index (χ4v) is 2.16. The number of carbonyl (C=O) groups is 1. The lowest BCUT2D eigenvalue weighted by molar-refractivity contribution is -0.137. The summed E-state index contributed by atoms with van der Waals surface area (Å²) < 4.78 is 1.87. The number of hydrogen-bond donors (Lipinski definition) is 1. The molecule has 0 saturated heterocycles. The maximum Gasteiger partial charge on any atom is 0.304 e. The molecule has 5 heteroatoms. The van der Waals surface area contributed by atoms with Crippen LogP contribution in [0.2, 0.25) is 0 Å². The Bertz CT molecular complexity index is 419. The van der Waals surface area contributed by atoms with E-state index in [4.69, 9.17) is 5.11 Å². The highest BCUT2D eigenvalue weighted by Gasteiger charge is 2.48. The Kier molecular flexibility index (Phi) is 2.02. The van der Waals surface area contributed by atoms with Gasteiger partial charge in [0, 0.05) is 18.2 Å². The molecule has 2 aliphatic rings. The Balaban J connectivity index is 1.73. The molecule has 1 heterocycles. The van der Waals surface area contributed by atoms with Crippen molar-refractivity contribution in [3.63, 3.8) is 0 Å². The Labute approximate surface area is 93.5 Å². The van der Waals surface area contributed by atoms with E-state index in [-0.39, 0.29) is 11.8 Å². The van der Waals surface area contributed by atoms with E-state index in [0.29, 0.717) is 0 Å². The van der Waals surface area contributed by atoms with E-state index in [1.54, 1.807) is 0 Å². The first-order chi connectivity index (χ1) is 7.68. The van der Waals surface area contributed by atoms with Gasteiger partial charge in [-0.2, -0.15) is 0 Å². The van der Waals surface area contributed by atoms with E-state index >= 15 is 0 Å². The number of rotatable bonds is 5. The molecular formula is C11H15N3O2. The van der Waals surface area contributed by atoms with Gasteiger partial charge in [-0.15, -0.1) is 5.10 Å². The molecule has 0 aromatic carbocycles. The zero-order valence-electron chi connectivity index (χ0n) is 9.09. The summed E-state index contributed by atoms with van der Waals surface area (Å²) in [7, 11) is 0. The third-order valence-corrected chi connectivity index (χ3v) is 3.57. The van der Waals surface area contributed by atoms with E-state index in [1.165, 1.54) is 12.8 Å². The molecule has 0 atom stereocenters. The lowest BCUT2D eigenvalue weighted by atomic mass is 9.99. The zero-order chi connectivity index (χ0) is 11.2. The molecule has 0 amide bonds.